The Balaban J connectivity index is 1.75. The summed E-state index contributed by atoms with van der Waals surface area (Å²) in [6.07, 6.45) is 1.44. The van der Waals surface area contributed by atoms with E-state index in [1.165, 1.54) is 12.3 Å². The Morgan fingerprint density at radius 1 is 1.07 bits per heavy atom. The monoisotopic (exact) mass is 397 g/mol. The Kier molecular flexibility index (Phi) is 6.23. The molecule has 0 atom stereocenters. The van der Waals surface area contributed by atoms with Crippen molar-refractivity contribution in [2.75, 3.05) is 29.7 Å². The number of anilines is 3. The lowest BCUT2D eigenvalue weighted by Crippen LogP contribution is -2.16. The molecule has 2 aromatic carbocycles. The number of phenolic OH excluding ortho intramolecular Hbond substituents is 1. The maximum Gasteiger partial charge on any atom is 0.250 e. The summed E-state index contributed by atoms with van der Waals surface area (Å²) in [5.74, 6) is 1.25. The maximum absolute atomic E-state index is 9.84. The van der Waals surface area contributed by atoms with Crippen LogP contribution in [0.1, 0.15) is 11.1 Å². The summed E-state index contributed by atoms with van der Waals surface area (Å²) in [5, 5.41) is 17.6. The summed E-state index contributed by atoms with van der Waals surface area (Å²) >= 11 is 5.93. The van der Waals surface area contributed by atoms with Gasteiger partial charge in [0, 0.05) is 31.2 Å². The van der Waals surface area contributed by atoms with E-state index in [9.17, 15) is 5.11 Å². The topological polar surface area (TPSA) is 98.6 Å². The summed E-state index contributed by atoms with van der Waals surface area (Å²) in [6.45, 7) is 0.580. The van der Waals surface area contributed by atoms with Gasteiger partial charge >= 0.3 is 0 Å². The molecule has 0 radical (unpaired) electrons. The fourth-order valence-corrected chi connectivity index (χ4v) is 2.44. The van der Waals surface area contributed by atoms with Crippen molar-refractivity contribution >= 4 is 35.7 Å². The van der Waals surface area contributed by atoms with Crippen molar-refractivity contribution in [1.29, 1.82) is 0 Å². The highest BCUT2D eigenvalue weighted by molar-refractivity contribution is 6.30. The fourth-order valence-electron chi connectivity index (χ4n) is 2.26. The highest BCUT2D eigenvalue weighted by atomic mass is 35.5. The molecule has 28 heavy (non-hydrogen) atoms. The van der Waals surface area contributed by atoms with Crippen LogP contribution in [0, 0.1) is 0 Å². The van der Waals surface area contributed by atoms with Gasteiger partial charge in [0.25, 0.3) is 0 Å². The van der Waals surface area contributed by atoms with Crippen LogP contribution in [0.2, 0.25) is 5.02 Å². The number of nitrogens with one attached hydrogen (secondary N) is 2. The molecule has 0 saturated carbocycles. The van der Waals surface area contributed by atoms with Crippen molar-refractivity contribution in [3.63, 3.8) is 0 Å². The molecule has 0 aliphatic carbocycles. The molecule has 0 unspecified atom stereocenters. The Labute approximate surface area is 167 Å². The molecule has 1 heterocycles. The molecule has 0 fully saturated rings. The van der Waals surface area contributed by atoms with Gasteiger partial charge in [-0.3, -0.25) is 0 Å². The summed E-state index contributed by atoms with van der Waals surface area (Å²) < 4.78 is 0. The lowest BCUT2D eigenvalue weighted by molar-refractivity contribution is 0.474. The van der Waals surface area contributed by atoms with Crippen LogP contribution in [0.5, 0.6) is 5.75 Å². The van der Waals surface area contributed by atoms with E-state index in [2.05, 4.69) is 30.8 Å². The fraction of sp³-hybridized carbons (Fsp3) is 0.158. The molecule has 0 saturated heterocycles. The van der Waals surface area contributed by atoms with Crippen molar-refractivity contribution in [2.24, 2.45) is 5.10 Å². The van der Waals surface area contributed by atoms with E-state index in [1.54, 1.807) is 17.0 Å². The number of phenols is 1. The molecule has 3 N–H and O–H groups in total. The number of benzene rings is 2. The predicted octanol–water partition coefficient (Wildman–Crippen LogP) is 3.35. The lowest BCUT2D eigenvalue weighted by atomic mass is 10.2. The van der Waals surface area contributed by atoms with Crippen LogP contribution in [0.4, 0.5) is 17.8 Å². The molecule has 0 amide bonds. The van der Waals surface area contributed by atoms with Crippen LogP contribution in [0.3, 0.4) is 0 Å². The average molecular weight is 398 g/mol. The molecular weight excluding hydrogens is 378 g/mol. The first kappa shape index (κ1) is 19.4. The van der Waals surface area contributed by atoms with Gasteiger partial charge in [0.05, 0.1) is 6.21 Å². The summed E-state index contributed by atoms with van der Waals surface area (Å²) in [7, 11) is 3.68. The number of aromatic hydroxyl groups is 1. The molecule has 144 valence electrons. The van der Waals surface area contributed by atoms with Gasteiger partial charge in [-0.05, 0) is 23.8 Å². The minimum atomic E-state index is 0.0739. The summed E-state index contributed by atoms with van der Waals surface area (Å²) in [4.78, 5) is 14.8. The van der Waals surface area contributed by atoms with Crippen molar-refractivity contribution in [1.82, 2.24) is 15.0 Å². The van der Waals surface area contributed by atoms with Crippen LogP contribution >= 0.6 is 11.6 Å². The van der Waals surface area contributed by atoms with E-state index in [1.807, 2.05) is 44.4 Å². The van der Waals surface area contributed by atoms with Crippen LogP contribution in [-0.2, 0) is 6.54 Å². The predicted molar refractivity (Wildman–Crippen MR) is 112 cm³/mol. The normalized spacial score (nSPS) is 10.8. The first-order valence-corrected chi connectivity index (χ1v) is 8.88. The van der Waals surface area contributed by atoms with E-state index >= 15 is 0 Å². The third-order valence-corrected chi connectivity index (χ3v) is 3.91. The Hall–Kier alpha value is -3.39. The van der Waals surface area contributed by atoms with Crippen LogP contribution < -0.4 is 15.6 Å². The third-order valence-electron chi connectivity index (χ3n) is 3.67. The van der Waals surface area contributed by atoms with E-state index in [0.29, 0.717) is 29.0 Å². The smallest absolute Gasteiger partial charge is 0.250 e. The Morgan fingerprint density at radius 2 is 1.82 bits per heavy atom. The molecular formula is C19H20ClN7O. The zero-order valence-electron chi connectivity index (χ0n) is 15.5. The highest BCUT2D eigenvalue weighted by Crippen LogP contribution is 2.19. The van der Waals surface area contributed by atoms with Gasteiger partial charge in [0.15, 0.2) is 0 Å². The van der Waals surface area contributed by atoms with Gasteiger partial charge in [-0.15, -0.1) is 0 Å². The Bertz CT molecular complexity index is 964. The van der Waals surface area contributed by atoms with E-state index in [4.69, 9.17) is 11.6 Å². The average Bonchev–Trinajstić information content (AvgIpc) is 2.69. The van der Waals surface area contributed by atoms with Crippen LogP contribution in [-0.4, -0.2) is 40.4 Å². The van der Waals surface area contributed by atoms with E-state index < -0.39 is 0 Å². The van der Waals surface area contributed by atoms with Crippen LogP contribution in [0.15, 0.2) is 53.6 Å². The number of hydrogen-bond acceptors (Lipinski definition) is 8. The number of hydrazone groups is 1. The number of aromatic nitrogens is 3. The molecule has 0 aliphatic heterocycles. The summed E-state index contributed by atoms with van der Waals surface area (Å²) in [6, 6.07) is 14.7. The van der Waals surface area contributed by atoms with Crippen LogP contribution in [0.25, 0.3) is 0 Å². The number of hydrogen-bond donors (Lipinski definition) is 3. The first-order valence-electron chi connectivity index (χ1n) is 8.50. The van der Waals surface area contributed by atoms with Crippen molar-refractivity contribution in [2.45, 2.75) is 6.54 Å². The summed E-state index contributed by atoms with van der Waals surface area (Å²) in [5.41, 5.74) is 4.35. The van der Waals surface area contributed by atoms with Gasteiger partial charge in [-0.1, -0.05) is 41.9 Å². The number of halogens is 1. The molecule has 1 aromatic heterocycles. The molecule has 0 bridgehead atoms. The van der Waals surface area contributed by atoms with Gasteiger partial charge < -0.3 is 15.3 Å². The number of nitrogens with zero attached hydrogens (tertiary/aromatic N) is 5. The van der Waals surface area contributed by atoms with Crippen molar-refractivity contribution in [3.8, 4) is 5.75 Å². The highest BCUT2D eigenvalue weighted by Gasteiger charge is 2.08. The quantitative estimate of drug-likeness (QED) is 0.415. The van der Waals surface area contributed by atoms with Gasteiger partial charge in [-0.25, -0.2) is 5.43 Å². The van der Waals surface area contributed by atoms with Gasteiger partial charge in [0.1, 0.15) is 5.75 Å². The molecule has 9 heteroatoms. The second kappa shape index (κ2) is 9.01. The minimum Gasteiger partial charge on any atom is -0.507 e. The zero-order valence-corrected chi connectivity index (χ0v) is 16.2. The molecule has 3 aromatic rings. The van der Waals surface area contributed by atoms with E-state index in [0.717, 1.165) is 5.56 Å². The molecule has 0 aliphatic rings. The second-order valence-corrected chi connectivity index (χ2v) is 6.53. The maximum atomic E-state index is 9.84. The largest absolute Gasteiger partial charge is 0.507 e. The zero-order chi connectivity index (χ0) is 19.9. The standard InChI is InChI=1S/C19H20ClN7O/c1-27(2)19-24-17(21-11-13-6-4-3-5-7-13)23-18(25-19)26-22-12-14-10-15(20)8-9-16(14)28/h3-10,12,28H,11H2,1-2H3,(H2,21,23,24,25,26). The van der Waals surface area contributed by atoms with Gasteiger partial charge in [0.2, 0.25) is 17.8 Å². The second-order valence-electron chi connectivity index (χ2n) is 6.09. The lowest BCUT2D eigenvalue weighted by Gasteiger charge is -2.13. The van der Waals surface area contributed by atoms with Gasteiger partial charge in [-0.2, -0.15) is 20.1 Å². The Morgan fingerprint density at radius 3 is 2.57 bits per heavy atom. The van der Waals surface area contributed by atoms with E-state index in [-0.39, 0.29) is 11.7 Å². The molecule has 0 spiro atoms. The van der Waals surface area contributed by atoms with Crippen molar-refractivity contribution in [3.05, 3.63) is 64.7 Å². The van der Waals surface area contributed by atoms with Crippen molar-refractivity contribution < 1.29 is 5.11 Å². The third kappa shape index (κ3) is 5.31. The number of rotatable bonds is 7. The SMILES string of the molecule is CN(C)c1nc(NCc2ccccc2)nc(NN=Cc2cc(Cl)ccc2O)n1. The minimum absolute atomic E-state index is 0.0739. The first-order chi connectivity index (χ1) is 13.5. The molecule has 3 rings (SSSR count). The molecule has 8 nitrogen and oxygen atoms in total.